The van der Waals surface area contributed by atoms with Crippen LogP contribution in [-0.4, -0.2) is 0 Å². The van der Waals surface area contributed by atoms with Crippen LogP contribution in [-0.2, 0) is 0 Å². The number of rotatable bonds is 5. The van der Waals surface area contributed by atoms with Crippen LogP contribution in [0.4, 0.5) is 0 Å². The first-order valence-corrected chi connectivity index (χ1v) is 8.54. The van der Waals surface area contributed by atoms with E-state index in [0.717, 1.165) is 0 Å². The van der Waals surface area contributed by atoms with Gasteiger partial charge in [-0.25, -0.2) is 0 Å². The Morgan fingerprint density at radius 1 is 0.650 bits per heavy atom. The van der Waals surface area contributed by atoms with Crippen molar-refractivity contribution in [1.82, 2.24) is 0 Å². The van der Waals surface area contributed by atoms with Gasteiger partial charge in [-0.05, 0) is 35.2 Å². The Morgan fingerprint density at radius 3 is 1.35 bits per heavy atom. The van der Waals surface area contributed by atoms with Gasteiger partial charge in [0.15, 0.2) is 0 Å². The van der Waals surface area contributed by atoms with Crippen LogP contribution in [0.5, 0.6) is 0 Å². The van der Waals surface area contributed by atoms with Gasteiger partial charge in [0.2, 0.25) is 0 Å². The quantitative estimate of drug-likeness (QED) is 0.538. The molecular weight excluding hydrogens is 240 g/mol. The van der Waals surface area contributed by atoms with Crippen molar-refractivity contribution < 1.29 is 0 Å². The van der Waals surface area contributed by atoms with E-state index < -0.39 is 0 Å². The highest BCUT2D eigenvalue weighted by atomic mass is 14.5. The monoisotopic (exact) mass is 276 g/mol. The van der Waals surface area contributed by atoms with E-state index in [-0.39, 0.29) is 5.41 Å². The van der Waals surface area contributed by atoms with Gasteiger partial charge in [-0.15, -0.1) is 0 Å². The van der Waals surface area contributed by atoms with Crippen LogP contribution in [0.15, 0.2) is 22.8 Å². The standard InChI is InChI=1S/C20H36/c1-12(2)17-11-18(13(3)4)20(15(7)8,16(9)10)19(17)14(5)6/h11-16H,1-10H3. The minimum atomic E-state index is 0.266. The van der Waals surface area contributed by atoms with Gasteiger partial charge in [-0.1, -0.05) is 86.5 Å². The predicted octanol–water partition coefficient (Wildman–Crippen LogP) is 6.49. The molecule has 0 aliphatic heterocycles. The lowest BCUT2D eigenvalue weighted by molar-refractivity contribution is 0.185. The van der Waals surface area contributed by atoms with Gasteiger partial charge in [-0.3, -0.25) is 0 Å². The van der Waals surface area contributed by atoms with Gasteiger partial charge in [0.05, 0.1) is 0 Å². The van der Waals surface area contributed by atoms with Gasteiger partial charge in [-0.2, -0.15) is 0 Å². The van der Waals surface area contributed by atoms with Crippen LogP contribution in [0.2, 0.25) is 0 Å². The molecule has 0 unspecified atom stereocenters. The molecule has 0 heteroatoms. The summed E-state index contributed by atoms with van der Waals surface area (Å²) in [5.41, 5.74) is 5.28. The molecule has 0 aromatic heterocycles. The summed E-state index contributed by atoms with van der Waals surface area (Å²) in [6.45, 7) is 23.9. The van der Waals surface area contributed by atoms with E-state index in [0.29, 0.717) is 29.6 Å². The number of hydrogen-bond donors (Lipinski definition) is 0. The molecule has 0 bridgehead atoms. The highest BCUT2D eigenvalue weighted by molar-refractivity contribution is 5.50. The van der Waals surface area contributed by atoms with Crippen LogP contribution < -0.4 is 0 Å². The fourth-order valence-corrected chi connectivity index (χ4v) is 4.65. The molecular formula is C20H36. The summed E-state index contributed by atoms with van der Waals surface area (Å²) in [4.78, 5) is 0. The van der Waals surface area contributed by atoms with Crippen molar-refractivity contribution in [3.63, 3.8) is 0 Å². The summed E-state index contributed by atoms with van der Waals surface area (Å²) in [6, 6.07) is 0. The summed E-state index contributed by atoms with van der Waals surface area (Å²) in [5.74, 6) is 3.20. The molecule has 0 radical (unpaired) electrons. The Kier molecular flexibility index (Phi) is 5.33. The SMILES string of the molecule is CC(C)C1=CC(C(C)C)=C(C(C)C)C1(C(C)C)C(C)C. The first kappa shape index (κ1) is 17.5. The molecule has 0 aromatic carbocycles. The summed E-state index contributed by atoms with van der Waals surface area (Å²) >= 11 is 0. The number of allylic oxidation sites excluding steroid dienone is 4. The maximum Gasteiger partial charge on any atom is 0.0180 e. The van der Waals surface area contributed by atoms with Crippen LogP contribution in [0.3, 0.4) is 0 Å². The van der Waals surface area contributed by atoms with E-state index in [1.807, 2.05) is 0 Å². The summed E-state index contributed by atoms with van der Waals surface area (Å²) < 4.78 is 0. The normalized spacial score (nSPS) is 19.2. The zero-order chi connectivity index (χ0) is 15.8. The summed E-state index contributed by atoms with van der Waals surface area (Å²) in [7, 11) is 0. The Morgan fingerprint density at radius 2 is 1.10 bits per heavy atom. The Labute approximate surface area is 127 Å². The largest absolute Gasteiger partial charge is 0.0616 e. The highest BCUT2D eigenvalue weighted by Gasteiger charge is 2.49. The molecule has 0 saturated carbocycles. The molecule has 0 fully saturated rings. The minimum absolute atomic E-state index is 0.266. The van der Waals surface area contributed by atoms with E-state index in [2.05, 4.69) is 75.3 Å². The second kappa shape index (κ2) is 6.08. The molecule has 0 nitrogen and oxygen atoms in total. The molecule has 0 aromatic rings. The van der Waals surface area contributed by atoms with Crippen molar-refractivity contribution in [2.24, 2.45) is 35.0 Å². The minimum Gasteiger partial charge on any atom is -0.0616 e. The maximum atomic E-state index is 2.56. The third kappa shape index (κ3) is 2.51. The van der Waals surface area contributed by atoms with Crippen molar-refractivity contribution in [2.75, 3.05) is 0 Å². The molecule has 0 saturated heterocycles. The van der Waals surface area contributed by atoms with Crippen LogP contribution in [0.25, 0.3) is 0 Å². The maximum absolute atomic E-state index is 2.56. The second-order valence-corrected chi connectivity index (χ2v) is 8.11. The fourth-order valence-electron chi connectivity index (χ4n) is 4.65. The Hall–Kier alpha value is -0.520. The van der Waals surface area contributed by atoms with Gasteiger partial charge in [0.25, 0.3) is 0 Å². The molecule has 1 aliphatic rings. The van der Waals surface area contributed by atoms with Crippen LogP contribution in [0, 0.1) is 35.0 Å². The van der Waals surface area contributed by atoms with Crippen molar-refractivity contribution in [3.8, 4) is 0 Å². The Bertz CT molecular complexity index is 392. The second-order valence-electron chi connectivity index (χ2n) is 8.11. The van der Waals surface area contributed by atoms with Gasteiger partial charge in [0.1, 0.15) is 0 Å². The van der Waals surface area contributed by atoms with Crippen molar-refractivity contribution in [1.29, 1.82) is 0 Å². The lowest BCUT2D eigenvalue weighted by Gasteiger charge is -2.46. The van der Waals surface area contributed by atoms with Gasteiger partial charge < -0.3 is 0 Å². The van der Waals surface area contributed by atoms with E-state index in [1.54, 1.807) is 16.7 Å². The van der Waals surface area contributed by atoms with Crippen molar-refractivity contribution in [2.45, 2.75) is 69.2 Å². The lowest BCUT2D eigenvalue weighted by atomic mass is 9.57. The molecule has 0 heterocycles. The third-order valence-corrected chi connectivity index (χ3v) is 5.19. The van der Waals surface area contributed by atoms with Crippen LogP contribution >= 0.6 is 0 Å². The van der Waals surface area contributed by atoms with Crippen LogP contribution in [0.1, 0.15) is 69.2 Å². The average Bonchev–Trinajstić information content (AvgIpc) is 2.65. The van der Waals surface area contributed by atoms with Crippen molar-refractivity contribution >= 4 is 0 Å². The molecule has 0 spiro atoms. The van der Waals surface area contributed by atoms with E-state index in [9.17, 15) is 0 Å². The number of hydrogen-bond acceptors (Lipinski definition) is 0. The first-order valence-electron chi connectivity index (χ1n) is 8.54. The topological polar surface area (TPSA) is 0 Å². The van der Waals surface area contributed by atoms with E-state index >= 15 is 0 Å². The summed E-state index contributed by atoms with van der Waals surface area (Å²) in [6.07, 6.45) is 2.56. The molecule has 0 amide bonds. The lowest BCUT2D eigenvalue weighted by Crippen LogP contribution is -2.39. The van der Waals surface area contributed by atoms with E-state index in [1.165, 1.54) is 0 Å². The third-order valence-electron chi connectivity index (χ3n) is 5.19. The highest BCUT2D eigenvalue weighted by Crippen LogP contribution is 2.59. The molecule has 1 rings (SSSR count). The van der Waals surface area contributed by atoms with Gasteiger partial charge in [0, 0.05) is 5.41 Å². The Balaban J connectivity index is 3.67. The van der Waals surface area contributed by atoms with Crippen molar-refractivity contribution in [3.05, 3.63) is 22.8 Å². The summed E-state index contributed by atoms with van der Waals surface area (Å²) in [5, 5.41) is 0. The molecule has 0 N–H and O–H groups in total. The molecule has 1 aliphatic carbocycles. The van der Waals surface area contributed by atoms with Gasteiger partial charge >= 0.3 is 0 Å². The molecule has 0 atom stereocenters. The predicted molar refractivity (Wildman–Crippen MR) is 91.7 cm³/mol. The molecule has 20 heavy (non-hydrogen) atoms. The molecule has 116 valence electrons. The first-order chi connectivity index (χ1) is 9.08. The fraction of sp³-hybridized carbons (Fsp3) is 0.800. The zero-order valence-electron chi connectivity index (χ0n) is 15.5. The smallest absolute Gasteiger partial charge is 0.0180 e. The average molecular weight is 277 g/mol. The zero-order valence-corrected chi connectivity index (χ0v) is 15.5. The van der Waals surface area contributed by atoms with E-state index in [4.69, 9.17) is 0 Å².